The van der Waals surface area contributed by atoms with Crippen molar-refractivity contribution in [1.82, 2.24) is 0 Å². The van der Waals surface area contributed by atoms with Crippen molar-refractivity contribution in [3.8, 4) is 22.8 Å². The van der Waals surface area contributed by atoms with Crippen LogP contribution >= 0.6 is 11.6 Å². The Morgan fingerprint density at radius 3 is 2.62 bits per heavy atom. The van der Waals surface area contributed by atoms with Gasteiger partial charge in [-0.2, -0.15) is 0 Å². The number of rotatable bonds is 7. The maximum absolute atomic E-state index is 12.3. The SMILES string of the molecule is COc1cc(NC(=O)COc2c(C)cc(C)cc2Cl)ccc1-c1ccc(CO)o1. The van der Waals surface area contributed by atoms with E-state index in [-0.39, 0.29) is 19.1 Å². The zero-order valence-electron chi connectivity index (χ0n) is 16.4. The molecule has 0 saturated heterocycles. The topological polar surface area (TPSA) is 80.9 Å². The van der Waals surface area contributed by atoms with Gasteiger partial charge in [0.1, 0.15) is 29.6 Å². The molecular formula is C22H22ClNO5. The molecular weight excluding hydrogens is 394 g/mol. The number of methoxy groups -OCH3 is 1. The first-order valence-corrected chi connectivity index (χ1v) is 9.36. The molecule has 2 N–H and O–H groups in total. The van der Waals surface area contributed by atoms with Crippen molar-refractivity contribution in [3.63, 3.8) is 0 Å². The highest BCUT2D eigenvalue weighted by molar-refractivity contribution is 6.32. The number of halogens is 1. The van der Waals surface area contributed by atoms with E-state index in [0.717, 1.165) is 11.1 Å². The van der Waals surface area contributed by atoms with Crippen molar-refractivity contribution in [2.24, 2.45) is 0 Å². The highest BCUT2D eigenvalue weighted by Gasteiger charge is 2.14. The van der Waals surface area contributed by atoms with Crippen LogP contribution in [0.1, 0.15) is 16.9 Å². The van der Waals surface area contributed by atoms with E-state index >= 15 is 0 Å². The Labute approximate surface area is 174 Å². The number of aryl methyl sites for hydroxylation is 2. The molecule has 3 aromatic rings. The summed E-state index contributed by atoms with van der Waals surface area (Å²) < 4.78 is 16.6. The normalized spacial score (nSPS) is 10.7. The van der Waals surface area contributed by atoms with Gasteiger partial charge in [-0.15, -0.1) is 0 Å². The number of carbonyl (C=O) groups excluding carboxylic acids is 1. The molecule has 0 saturated carbocycles. The predicted molar refractivity (Wildman–Crippen MR) is 112 cm³/mol. The van der Waals surface area contributed by atoms with Crippen LogP contribution in [0.25, 0.3) is 11.3 Å². The fraction of sp³-hybridized carbons (Fsp3) is 0.227. The molecule has 2 aromatic carbocycles. The molecule has 0 aliphatic rings. The average Bonchev–Trinajstić information content (AvgIpc) is 3.16. The molecule has 0 aliphatic heterocycles. The van der Waals surface area contributed by atoms with E-state index in [1.54, 1.807) is 36.4 Å². The summed E-state index contributed by atoms with van der Waals surface area (Å²) in [6.45, 7) is 3.47. The van der Waals surface area contributed by atoms with Crippen molar-refractivity contribution in [1.29, 1.82) is 0 Å². The molecule has 0 unspecified atom stereocenters. The zero-order chi connectivity index (χ0) is 21.0. The maximum atomic E-state index is 12.3. The Morgan fingerprint density at radius 1 is 1.17 bits per heavy atom. The summed E-state index contributed by atoms with van der Waals surface area (Å²) in [5.41, 5.74) is 3.16. The number of nitrogens with one attached hydrogen (secondary N) is 1. The lowest BCUT2D eigenvalue weighted by molar-refractivity contribution is -0.118. The average molecular weight is 416 g/mol. The lowest BCUT2D eigenvalue weighted by Gasteiger charge is -2.13. The minimum Gasteiger partial charge on any atom is -0.496 e. The molecule has 6 nitrogen and oxygen atoms in total. The molecule has 1 amide bonds. The second-order valence-electron chi connectivity index (χ2n) is 6.57. The molecule has 0 radical (unpaired) electrons. The Morgan fingerprint density at radius 2 is 1.97 bits per heavy atom. The summed E-state index contributed by atoms with van der Waals surface area (Å²) in [5, 5.41) is 12.4. The van der Waals surface area contributed by atoms with Crippen molar-refractivity contribution in [3.05, 3.63) is 64.4 Å². The number of ether oxygens (including phenoxy) is 2. The fourth-order valence-corrected chi connectivity index (χ4v) is 3.38. The molecule has 7 heteroatoms. The smallest absolute Gasteiger partial charge is 0.262 e. The largest absolute Gasteiger partial charge is 0.496 e. The van der Waals surface area contributed by atoms with Gasteiger partial charge in [0, 0.05) is 11.8 Å². The van der Waals surface area contributed by atoms with Crippen LogP contribution < -0.4 is 14.8 Å². The molecule has 0 fully saturated rings. The van der Waals surface area contributed by atoms with Crippen LogP contribution in [0.4, 0.5) is 5.69 Å². The van der Waals surface area contributed by atoms with Gasteiger partial charge in [-0.1, -0.05) is 17.7 Å². The quantitative estimate of drug-likeness (QED) is 0.582. The molecule has 3 rings (SSSR count). The van der Waals surface area contributed by atoms with E-state index in [2.05, 4.69) is 5.32 Å². The Bertz CT molecular complexity index is 1000. The molecule has 1 heterocycles. The molecule has 29 heavy (non-hydrogen) atoms. The summed E-state index contributed by atoms with van der Waals surface area (Å²) in [4.78, 5) is 12.3. The molecule has 152 valence electrons. The molecule has 0 spiro atoms. The number of amides is 1. The maximum Gasteiger partial charge on any atom is 0.262 e. The highest BCUT2D eigenvalue weighted by Crippen LogP contribution is 2.34. The van der Waals surface area contributed by atoms with Gasteiger partial charge in [0.25, 0.3) is 5.91 Å². The number of carbonyl (C=O) groups is 1. The van der Waals surface area contributed by atoms with Crippen molar-refractivity contribution < 1.29 is 23.8 Å². The molecule has 0 bridgehead atoms. The number of benzene rings is 2. The van der Waals surface area contributed by atoms with E-state index < -0.39 is 0 Å². The molecule has 0 atom stereocenters. The Kier molecular flexibility index (Phi) is 6.46. The number of aliphatic hydroxyl groups excluding tert-OH is 1. The van der Waals surface area contributed by atoms with Crippen LogP contribution in [-0.2, 0) is 11.4 Å². The summed E-state index contributed by atoms with van der Waals surface area (Å²) in [7, 11) is 1.53. The number of hydrogen-bond acceptors (Lipinski definition) is 5. The monoisotopic (exact) mass is 415 g/mol. The lowest BCUT2D eigenvalue weighted by Crippen LogP contribution is -2.20. The van der Waals surface area contributed by atoms with Crippen LogP contribution in [-0.4, -0.2) is 24.7 Å². The van der Waals surface area contributed by atoms with E-state index in [9.17, 15) is 4.79 Å². The van der Waals surface area contributed by atoms with E-state index in [4.69, 9.17) is 30.6 Å². The second-order valence-corrected chi connectivity index (χ2v) is 6.98. The van der Waals surface area contributed by atoms with Gasteiger partial charge >= 0.3 is 0 Å². The van der Waals surface area contributed by atoms with E-state index in [0.29, 0.717) is 39.3 Å². The van der Waals surface area contributed by atoms with Gasteiger partial charge in [-0.25, -0.2) is 0 Å². The zero-order valence-corrected chi connectivity index (χ0v) is 17.2. The standard InChI is InChI=1S/C22H22ClNO5/c1-13-8-14(2)22(18(23)9-13)28-12-21(26)24-15-4-6-17(20(10-15)27-3)19-7-5-16(11-25)29-19/h4-10,25H,11-12H2,1-3H3,(H,24,26). The van der Waals surface area contributed by atoms with Crippen molar-refractivity contribution in [2.75, 3.05) is 19.0 Å². The summed E-state index contributed by atoms with van der Waals surface area (Å²) in [5.74, 6) is 1.73. The van der Waals surface area contributed by atoms with Crippen molar-refractivity contribution in [2.45, 2.75) is 20.5 Å². The molecule has 0 aliphatic carbocycles. The van der Waals surface area contributed by atoms with Crippen LogP contribution in [0.15, 0.2) is 46.9 Å². The number of anilines is 1. The first-order valence-electron chi connectivity index (χ1n) is 8.98. The Balaban J connectivity index is 1.69. The van der Waals surface area contributed by atoms with Gasteiger partial charge in [0.15, 0.2) is 6.61 Å². The lowest BCUT2D eigenvalue weighted by atomic mass is 10.1. The summed E-state index contributed by atoms with van der Waals surface area (Å²) in [6.07, 6.45) is 0. The predicted octanol–water partition coefficient (Wildman–Crippen LogP) is 4.74. The van der Waals surface area contributed by atoms with Gasteiger partial charge in [-0.3, -0.25) is 4.79 Å². The fourth-order valence-electron chi connectivity index (χ4n) is 3.00. The minimum atomic E-state index is -0.323. The Hall–Kier alpha value is -2.96. The van der Waals surface area contributed by atoms with Gasteiger partial charge in [-0.05, 0) is 55.3 Å². The molecule has 1 aromatic heterocycles. The van der Waals surface area contributed by atoms with E-state index in [1.165, 1.54) is 7.11 Å². The van der Waals surface area contributed by atoms with Crippen LogP contribution in [0, 0.1) is 13.8 Å². The first kappa shape index (κ1) is 20.8. The summed E-state index contributed by atoms with van der Waals surface area (Å²) in [6, 6.07) is 12.4. The van der Waals surface area contributed by atoms with Crippen LogP contribution in [0.5, 0.6) is 11.5 Å². The second kappa shape index (κ2) is 9.03. The number of furan rings is 1. The van der Waals surface area contributed by atoms with Gasteiger partial charge < -0.3 is 24.3 Å². The number of hydrogen-bond donors (Lipinski definition) is 2. The van der Waals surface area contributed by atoms with Gasteiger partial charge in [0.05, 0.1) is 17.7 Å². The first-order chi connectivity index (χ1) is 13.9. The third-order valence-electron chi connectivity index (χ3n) is 4.29. The van der Waals surface area contributed by atoms with Crippen molar-refractivity contribution >= 4 is 23.2 Å². The van der Waals surface area contributed by atoms with Crippen LogP contribution in [0.2, 0.25) is 5.02 Å². The third-order valence-corrected chi connectivity index (χ3v) is 4.57. The summed E-state index contributed by atoms with van der Waals surface area (Å²) >= 11 is 6.21. The number of aliphatic hydroxyl groups is 1. The van der Waals surface area contributed by atoms with Crippen LogP contribution in [0.3, 0.4) is 0 Å². The van der Waals surface area contributed by atoms with E-state index in [1.807, 2.05) is 19.9 Å². The third kappa shape index (κ3) is 4.91. The van der Waals surface area contributed by atoms with Gasteiger partial charge in [0.2, 0.25) is 0 Å². The highest BCUT2D eigenvalue weighted by atomic mass is 35.5. The minimum absolute atomic E-state index is 0.175.